The van der Waals surface area contributed by atoms with Gasteiger partial charge in [0.05, 0.1) is 0 Å². The molecule has 116 valence electrons. The van der Waals surface area contributed by atoms with Crippen LogP contribution in [-0.2, 0) is 0 Å². The number of nitrogens with zero attached hydrogens (tertiary/aromatic N) is 3. The lowest BCUT2D eigenvalue weighted by Gasteiger charge is -2.23. The zero-order chi connectivity index (χ0) is 16.0. The third-order valence-electron chi connectivity index (χ3n) is 2.54. The van der Waals surface area contributed by atoms with Crippen LogP contribution in [0, 0.1) is 0 Å². The van der Waals surface area contributed by atoms with Gasteiger partial charge in [-0.1, -0.05) is 12.1 Å². The minimum atomic E-state index is -4.47. The highest BCUT2D eigenvalue weighted by Gasteiger charge is 2.33. The highest BCUT2D eigenvalue weighted by molar-refractivity contribution is 5.98. The van der Waals surface area contributed by atoms with E-state index in [2.05, 4.69) is 10.1 Å². The van der Waals surface area contributed by atoms with Crippen molar-refractivity contribution in [2.24, 2.45) is 10.9 Å². The fourth-order valence-electron chi connectivity index (χ4n) is 1.63. The van der Waals surface area contributed by atoms with E-state index >= 15 is 0 Å². The van der Waals surface area contributed by atoms with E-state index in [1.165, 1.54) is 12.1 Å². The minimum absolute atomic E-state index is 0.0258. The number of oxime groups is 1. The number of halogens is 3. The average Bonchev–Trinajstić information content (AvgIpc) is 2.44. The molecule has 1 heterocycles. The minimum Gasteiger partial charge on any atom is -0.409 e. The third kappa shape index (κ3) is 4.93. The van der Waals surface area contributed by atoms with Gasteiger partial charge in [0, 0.05) is 18.3 Å². The highest BCUT2D eigenvalue weighted by Crippen LogP contribution is 2.18. The number of rotatable bonds is 5. The first kappa shape index (κ1) is 16.7. The van der Waals surface area contributed by atoms with Gasteiger partial charge in [-0.3, -0.25) is 9.78 Å². The van der Waals surface area contributed by atoms with E-state index in [0.717, 1.165) is 6.20 Å². The first-order chi connectivity index (χ1) is 9.78. The topological polar surface area (TPSA) is 91.8 Å². The fourth-order valence-corrected chi connectivity index (χ4v) is 1.63. The number of amidine groups is 1. The molecule has 0 saturated heterocycles. The molecule has 0 radical (unpaired) electrons. The summed E-state index contributed by atoms with van der Waals surface area (Å²) in [5.74, 6) is -1.03. The molecule has 1 rings (SSSR count). The molecule has 0 aliphatic rings. The lowest BCUT2D eigenvalue weighted by molar-refractivity contribution is -0.140. The standard InChI is InChI=1S/C12H15F3N4O2/c1-2-5-19(7-12(13,14)15)11(20)9-4-3-8(6-17-9)10(16)18-21/h3-4,6,21H,2,5,7H2,1H3,(H2,16,18). The van der Waals surface area contributed by atoms with Crippen molar-refractivity contribution in [3.05, 3.63) is 29.6 Å². The first-order valence-electron chi connectivity index (χ1n) is 6.08. The van der Waals surface area contributed by atoms with Crippen molar-refractivity contribution >= 4 is 11.7 Å². The van der Waals surface area contributed by atoms with Crippen LogP contribution in [0.3, 0.4) is 0 Å². The molecule has 0 unspecified atom stereocenters. The number of aromatic nitrogens is 1. The molecule has 3 N–H and O–H groups in total. The number of nitrogens with two attached hydrogens (primary N) is 1. The van der Waals surface area contributed by atoms with Gasteiger partial charge in [-0.25, -0.2) is 0 Å². The van der Waals surface area contributed by atoms with Crippen LogP contribution < -0.4 is 5.73 Å². The zero-order valence-electron chi connectivity index (χ0n) is 11.3. The first-order valence-corrected chi connectivity index (χ1v) is 6.08. The monoisotopic (exact) mass is 304 g/mol. The van der Waals surface area contributed by atoms with E-state index in [-0.39, 0.29) is 23.6 Å². The van der Waals surface area contributed by atoms with E-state index in [1.54, 1.807) is 6.92 Å². The fraction of sp³-hybridized carbons (Fsp3) is 0.417. The second-order valence-electron chi connectivity index (χ2n) is 4.26. The Labute approximate surface area is 119 Å². The van der Waals surface area contributed by atoms with Gasteiger partial charge in [0.25, 0.3) is 5.91 Å². The maximum Gasteiger partial charge on any atom is 0.406 e. The van der Waals surface area contributed by atoms with Crippen molar-refractivity contribution in [3.63, 3.8) is 0 Å². The molecule has 0 aliphatic carbocycles. The van der Waals surface area contributed by atoms with Crippen LogP contribution in [0.2, 0.25) is 0 Å². The molecular formula is C12H15F3N4O2. The van der Waals surface area contributed by atoms with Gasteiger partial charge in [-0.05, 0) is 18.6 Å². The SMILES string of the molecule is CCCN(CC(F)(F)F)C(=O)c1ccc(C(N)=NO)cn1. The lowest BCUT2D eigenvalue weighted by atomic mass is 10.2. The van der Waals surface area contributed by atoms with E-state index in [4.69, 9.17) is 10.9 Å². The third-order valence-corrected chi connectivity index (χ3v) is 2.54. The normalized spacial score (nSPS) is 12.3. The summed E-state index contributed by atoms with van der Waals surface area (Å²) in [6.07, 6.45) is -2.93. The highest BCUT2D eigenvalue weighted by atomic mass is 19.4. The number of hydrogen-bond acceptors (Lipinski definition) is 4. The molecule has 1 aromatic heterocycles. The molecule has 0 aromatic carbocycles. The number of carbonyl (C=O) groups is 1. The summed E-state index contributed by atoms with van der Waals surface area (Å²) in [5.41, 5.74) is 5.45. The van der Waals surface area contributed by atoms with Crippen molar-refractivity contribution in [1.82, 2.24) is 9.88 Å². The predicted molar refractivity (Wildman–Crippen MR) is 69.0 cm³/mol. The number of carbonyl (C=O) groups excluding carboxylic acids is 1. The second-order valence-corrected chi connectivity index (χ2v) is 4.26. The van der Waals surface area contributed by atoms with Gasteiger partial charge < -0.3 is 15.8 Å². The van der Waals surface area contributed by atoms with Crippen LogP contribution in [0.5, 0.6) is 0 Å². The van der Waals surface area contributed by atoms with Gasteiger partial charge in [-0.2, -0.15) is 13.2 Å². The maximum atomic E-state index is 12.4. The predicted octanol–water partition coefficient (Wildman–Crippen LogP) is 1.59. The largest absolute Gasteiger partial charge is 0.409 e. The molecule has 0 saturated carbocycles. The van der Waals surface area contributed by atoms with E-state index in [1.807, 2.05) is 0 Å². The maximum absolute atomic E-state index is 12.4. The Bertz CT molecular complexity index is 514. The molecule has 0 fully saturated rings. The summed E-state index contributed by atoms with van der Waals surface area (Å²) >= 11 is 0. The summed E-state index contributed by atoms with van der Waals surface area (Å²) in [4.78, 5) is 16.5. The van der Waals surface area contributed by atoms with E-state index in [0.29, 0.717) is 11.3 Å². The molecule has 1 aromatic rings. The van der Waals surface area contributed by atoms with Crippen molar-refractivity contribution in [3.8, 4) is 0 Å². The van der Waals surface area contributed by atoms with Crippen LogP contribution in [0.1, 0.15) is 29.4 Å². The Morgan fingerprint density at radius 2 is 2.14 bits per heavy atom. The Balaban J connectivity index is 2.93. The molecule has 6 nitrogen and oxygen atoms in total. The lowest BCUT2D eigenvalue weighted by Crippen LogP contribution is -2.39. The average molecular weight is 304 g/mol. The van der Waals surface area contributed by atoms with E-state index < -0.39 is 18.6 Å². The van der Waals surface area contributed by atoms with E-state index in [9.17, 15) is 18.0 Å². The summed E-state index contributed by atoms with van der Waals surface area (Å²) in [7, 11) is 0. The molecule has 1 amide bonds. The number of alkyl halides is 3. The molecule has 0 atom stereocenters. The van der Waals surface area contributed by atoms with Crippen LogP contribution in [-0.4, -0.2) is 46.1 Å². The van der Waals surface area contributed by atoms with Crippen LogP contribution in [0.4, 0.5) is 13.2 Å². The Hall–Kier alpha value is -2.32. The van der Waals surface area contributed by atoms with Gasteiger partial charge in [0.1, 0.15) is 12.2 Å². The summed E-state index contributed by atoms with van der Waals surface area (Å²) in [6.45, 7) is 0.316. The Morgan fingerprint density at radius 1 is 1.48 bits per heavy atom. The van der Waals surface area contributed by atoms with Gasteiger partial charge in [0.15, 0.2) is 5.84 Å². The quantitative estimate of drug-likeness (QED) is 0.374. The van der Waals surface area contributed by atoms with Crippen LogP contribution in [0.15, 0.2) is 23.5 Å². The molecule has 9 heteroatoms. The molecule has 0 spiro atoms. The van der Waals surface area contributed by atoms with Gasteiger partial charge in [0.2, 0.25) is 0 Å². The summed E-state index contributed by atoms with van der Waals surface area (Å²) < 4.78 is 37.3. The molecule has 21 heavy (non-hydrogen) atoms. The van der Waals surface area contributed by atoms with Crippen molar-refractivity contribution < 1.29 is 23.2 Å². The molecule has 0 aliphatic heterocycles. The number of pyridine rings is 1. The van der Waals surface area contributed by atoms with Gasteiger partial charge >= 0.3 is 6.18 Å². The van der Waals surface area contributed by atoms with Crippen molar-refractivity contribution in [2.75, 3.05) is 13.1 Å². The van der Waals surface area contributed by atoms with Crippen LogP contribution in [0.25, 0.3) is 0 Å². The molecule has 0 bridgehead atoms. The van der Waals surface area contributed by atoms with Crippen LogP contribution >= 0.6 is 0 Å². The Morgan fingerprint density at radius 3 is 2.57 bits per heavy atom. The number of amides is 1. The Kier molecular flexibility index (Phi) is 5.51. The molecular weight excluding hydrogens is 289 g/mol. The summed E-state index contributed by atoms with van der Waals surface area (Å²) in [5, 5.41) is 11.2. The second kappa shape index (κ2) is 6.91. The smallest absolute Gasteiger partial charge is 0.406 e. The van der Waals surface area contributed by atoms with Crippen molar-refractivity contribution in [2.45, 2.75) is 19.5 Å². The number of hydrogen-bond donors (Lipinski definition) is 2. The van der Waals surface area contributed by atoms with Crippen molar-refractivity contribution in [1.29, 1.82) is 0 Å². The zero-order valence-corrected chi connectivity index (χ0v) is 11.3. The summed E-state index contributed by atoms with van der Waals surface area (Å²) in [6, 6.07) is 2.57. The van der Waals surface area contributed by atoms with Gasteiger partial charge in [-0.15, -0.1) is 0 Å².